The van der Waals surface area contributed by atoms with Crippen molar-refractivity contribution in [3.63, 3.8) is 0 Å². The predicted octanol–water partition coefficient (Wildman–Crippen LogP) is 5.72. The SMILES string of the molecule is NC12CCC(Nc3ncc4cc(-c5ccc(NS(=O)(=O)c6ccccc6Cl)c(F)c5)ccc4n3)(CC1)C2. The van der Waals surface area contributed by atoms with Crippen molar-refractivity contribution in [3.05, 3.63) is 77.7 Å². The summed E-state index contributed by atoms with van der Waals surface area (Å²) in [5.74, 6) is -0.111. The largest absolute Gasteiger partial charge is 0.349 e. The topological polar surface area (TPSA) is 110 Å². The maximum Gasteiger partial charge on any atom is 0.263 e. The van der Waals surface area contributed by atoms with Crippen LogP contribution in [-0.2, 0) is 10.0 Å². The van der Waals surface area contributed by atoms with Gasteiger partial charge in [-0.15, -0.1) is 0 Å². The minimum Gasteiger partial charge on any atom is -0.349 e. The number of sulfonamides is 1. The molecule has 2 aliphatic carbocycles. The minimum absolute atomic E-state index is 0.0188. The molecule has 0 saturated heterocycles. The number of nitrogens with one attached hydrogen (secondary N) is 2. The van der Waals surface area contributed by atoms with Gasteiger partial charge in [0, 0.05) is 22.7 Å². The fourth-order valence-electron chi connectivity index (χ4n) is 5.57. The van der Waals surface area contributed by atoms with Crippen LogP contribution in [-0.4, -0.2) is 29.5 Å². The molecule has 6 rings (SSSR count). The van der Waals surface area contributed by atoms with Crippen LogP contribution in [0.4, 0.5) is 16.0 Å². The zero-order chi connectivity index (χ0) is 25.8. The number of hydrogen-bond donors (Lipinski definition) is 3. The summed E-state index contributed by atoms with van der Waals surface area (Å²) in [5.41, 5.74) is 8.33. The first-order valence-electron chi connectivity index (χ1n) is 12.1. The van der Waals surface area contributed by atoms with E-state index in [-0.39, 0.29) is 26.7 Å². The molecule has 190 valence electrons. The first kappa shape index (κ1) is 24.1. The maximum atomic E-state index is 14.9. The third kappa shape index (κ3) is 4.52. The van der Waals surface area contributed by atoms with Gasteiger partial charge in [-0.2, -0.15) is 0 Å². The van der Waals surface area contributed by atoms with Crippen molar-refractivity contribution in [2.24, 2.45) is 5.73 Å². The Balaban J connectivity index is 1.23. The summed E-state index contributed by atoms with van der Waals surface area (Å²) in [5, 5.41) is 4.41. The van der Waals surface area contributed by atoms with Gasteiger partial charge < -0.3 is 11.1 Å². The number of fused-ring (bicyclic) bond motifs is 3. The smallest absolute Gasteiger partial charge is 0.263 e. The van der Waals surface area contributed by atoms with Crippen molar-refractivity contribution in [1.82, 2.24) is 9.97 Å². The molecule has 2 bridgehead atoms. The van der Waals surface area contributed by atoms with Gasteiger partial charge in [0.2, 0.25) is 5.95 Å². The monoisotopic (exact) mass is 537 g/mol. The summed E-state index contributed by atoms with van der Waals surface area (Å²) in [4.78, 5) is 9.09. The van der Waals surface area contributed by atoms with Crippen LogP contribution < -0.4 is 15.8 Å². The Morgan fingerprint density at radius 2 is 1.70 bits per heavy atom. The second kappa shape index (κ2) is 8.65. The Bertz CT molecular complexity index is 1640. The van der Waals surface area contributed by atoms with E-state index in [1.165, 1.54) is 24.3 Å². The van der Waals surface area contributed by atoms with Crippen LogP contribution in [0.3, 0.4) is 0 Å². The van der Waals surface area contributed by atoms with E-state index in [0.29, 0.717) is 11.5 Å². The fourth-order valence-corrected chi connectivity index (χ4v) is 7.16. The van der Waals surface area contributed by atoms with Gasteiger partial charge in [-0.05, 0) is 79.6 Å². The lowest BCUT2D eigenvalue weighted by Gasteiger charge is -2.27. The maximum absolute atomic E-state index is 14.9. The van der Waals surface area contributed by atoms with Gasteiger partial charge in [0.1, 0.15) is 10.7 Å². The predicted molar refractivity (Wildman–Crippen MR) is 144 cm³/mol. The molecule has 37 heavy (non-hydrogen) atoms. The number of nitrogens with two attached hydrogens (primary N) is 1. The first-order valence-corrected chi connectivity index (χ1v) is 13.9. The average molecular weight is 538 g/mol. The van der Waals surface area contributed by atoms with Crippen molar-refractivity contribution in [2.75, 3.05) is 10.0 Å². The third-order valence-corrected chi connectivity index (χ3v) is 9.39. The second-order valence-electron chi connectivity index (χ2n) is 10.1. The highest BCUT2D eigenvalue weighted by molar-refractivity contribution is 7.92. The number of aromatic nitrogens is 2. The summed E-state index contributed by atoms with van der Waals surface area (Å²) >= 11 is 6.01. The molecule has 0 unspecified atom stereocenters. The third-order valence-electron chi connectivity index (χ3n) is 7.52. The molecule has 0 atom stereocenters. The number of hydrogen-bond acceptors (Lipinski definition) is 6. The number of benzene rings is 3. The fraction of sp³-hybridized carbons (Fsp3) is 0.259. The number of rotatable bonds is 6. The lowest BCUT2D eigenvalue weighted by Crippen LogP contribution is -2.34. The van der Waals surface area contributed by atoms with E-state index < -0.39 is 15.8 Å². The molecule has 10 heteroatoms. The number of nitrogens with zero attached hydrogens (tertiary/aromatic N) is 2. The number of halogens is 2. The Kier molecular flexibility index (Phi) is 5.63. The van der Waals surface area contributed by atoms with Crippen LogP contribution in [0.15, 0.2) is 71.8 Å². The molecule has 4 aromatic rings. The van der Waals surface area contributed by atoms with E-state index in [1.807, 2.05) is 18.2 Å². The molecule has 0 aliphatic heterocycles. The second-order valence-corrected chi connectivity index (χ2v) is 12.2. The van der Waals surface area contributed by atoms with E-state index in [9.17, 15) is 12.8 Å². The minimum atomic E-state index is -4.04. The molecular weight excluding hydrogens is 513 g/mol. The molecule has 1 heterocycles. The molecule has 2 fully saturated rings. The Morgan fingerprint density at radius 1 is 0.973 bits per heavy atom. The highest BCUT2D eigenvalue weighted by atomic mass is 35.5. The van der Waals surface area contributed by atoms with E-state index in [1.54, 1.807) is 24.4 Å². The van der Waals surface area contributed by atoms with E-state index in [4.69, 9.17) is 22.3 Å². The van der Waals surface area contributed by atoms with E-state index >= 15 is 0 Å². The number of anilines is 2. The zero-order valence-corrected chi connectivity index (χ0v) is 21.4. The van der Waals surface area contributed by atoms with Crippen molar-refractivity contribution in [2.45, 2.75) is 48.1 Å². The van der Waals surface area contributed by atoms with Gasteiger partial charge in [0.05, 0.1) is 16.2 Å². The molecule has 0 amide bonds. The summed E-state index contributed by atoms with van der Waals surface area (Å²) < 4.78 is 42.6. The molecule has 2 aliphatic rings. The van der Waals surface area contributed by atoms with Crippen LogP contribution in [0.1, 0.15) is 32.1 Å². The van der Waals surface area contributed by atoms with Crippen molar-refractivity contribution < 1.29 is 12.8 Å². The summed E-state index contributed by atoms with van der Waals surface area (Å²) in [6, 6.07) is 16.0. The molecule has 3 aromatic carbocycles. The van der Waals surface area contributed by atoms with E-state index in [2.05, 4.69) is 15.0 Å². The van der Waals surface area contributed by atoms with Crippen LogP contribution >= 0.6 is 11.6 Å². The summed E-state index contributed by atoms with van der Waals surface area (Å²) in [6.45, 7) is 0. The molecular formula is C27H25ClFN5O2S. The average Bonchev–Trinajstić information content (AvgIpc) is 3.38. The summed E-state index contributed by atoms with van der Waals surface area (Å²) in [7, 11) is -4.04. The lowest BCUT2D eigenvalue weighted by atomic mass is 9.92. The molecule has 0 radical (unpaired) electrons. The Hall–Kier alpha value is -3.27. The highest BCUT2D eigenvalue weighted by Gasteiger charge is 2.52. The van der Waals surface area contributed by atoms with Gasteiger partial charge in [-0.3, -0.25) is 4.72 Å². The highest BCUT2D eigenvalue weighted by Crippen LogP contribution is 2.50. The lowest BCUT2D eigenvalue weighted by molar-refractivity contribution is 0.407. The van der Waals surface area contributed by atoms with Crippen LogP contribution in [0.5, 0.6) is 0 Å². The van der Waals surface area contributed by atoms with Crippen LogP contribution in [0, 0.1) is 5.82 Å². The zero-order valence-electron chi connectivity index (χ0n) is 19.8. The van der Waals surface area contributed by atoms with Crippen LogP contribution in [0.2, 0.25) is 5.02 Å². The molecule has 1 aromatic heterocycles. The molecule has 2 saturated carbocycles. The van der Waals surface area contributed by atoms with Gasteiger partial charge >= 0.3 is 0 Å². The molecule has 4 N–H and O–H groups in total. The van der Waals surface area contributed by atoms with Gasteiger partial charge in [0.25, 0.3) is 10.0 Å². The van der Waals surface area contributed by atoms with E-state index in [0.717, 1.165) is 48.6 Å². The first-order chi connectivity index (χ1) is 17.6. The molecule has 0 spiro atoms. The standard InChI is InChI=1S/C27H25ClFN5O2S/c28-20-3-1-2-4-24(20)37(35,36)34-23-8-6-18(14-21(23)29)17-5-7-22-19(13-17)15-31-25(32-22)33-27-11-9-26(30,16-27)10-12-27/h1-8,13-15,34H,9-12,16,30H2,(H,31,32,33). The molecule has 7 nitrogen and oxygen atoms in total. The van der Waals surface area contributed by atoms with Gasteiger partial charge in [-0.25, -0.2) is 22.8 Å². The van der Waals surface area contributed by atoms with Crippen molar-refractivity contribution in [3.8, 4) is 11.1 Å². The summed E-state index contributed by atoms with van der Waals surface area (Å²) in [6.07, 6.45) is 6.80. The Labute approximate surface area is 219 Å². The van der Waals surface area contributed by atoms with Crippen LogP contribution in [0.25, 0.3) is 22.0 Å². The van der Waals surface area contributed by atoms with Gasteiger partial charge in [0.15, 0.2) is 0 Å². The van der Waals surface area contributed by atoms with Crippen molar-refractivity contribution >= 4 is 44.2 Å². The van der Waals surface area contributed by atoms with Crippen molar-refractivity contribution in [1.29, 1.82) is 0 Å². The van der Waals surface area contributed by atoms with Gasteiger partial charge in [-0.1, -0.05) is 35.9 Å². The Morgan fingerprint density at radius 3 is 2.41 bits per heavy atom. The normalized spacial score (nSPS) is 22.9. The quantitative estimate of drug-likeness (QED) is 0.290.